The molecule has 1 aromatic rings. The first-order valence-electron chi connectivity index (χ1n) is 6.35. The zero-order valence-corrected chi connectivity index (χ0v) is 11.0. The molecule has 1 fully saturated rings. The topological polar surface area (TPSA) is 62.7 Å². The van der Waals surface area contributed by atoms with Crippen LogP contribution in [0.25, 0.3) is 6.08 Å². The van der Waals surface area contributed by atoms with E-state index in [2.05, 4.69) is 9.88 Å². The summed E-state index contributed by atoms with van der Waals surface area (Å²) < 4.78 is 5.36. The molecule has 1 saturated heterocycles. The maximum atomic E-state index is 10.6. The second-order valence-corrected chi connectivity index (χ2v) is 4.54. The second-order valence-electron chi connectivity index (χ2n) is 4.54. The molecule has 2 rings (SSSR count). The average molecular weight is 262 g/mol. The minimum absolute atomic E-state index is 0.389. The van der Waals surface area contributed by atoms with Crippen molar-refractivity contribution in [2.24, 2.45) is 0 Å². The van der Waals surface area contributed by atoms with Crippen molar-refractivity contribution in [2.45, 2.75) is 18.9 Å². The smallest absolute Gasteiger partial charge is 0.328 e. The minimum Gasteiger partial charge on any atom is -0.478 e. The van der Waals surface area contributed by atoms with Crippen molar-refractivity contribution < 1.29 is 14.6 Å². The molecule has 5 heteroatoms. The maximum Gasteiger partial charge on any atom is 0.328 e. The molecule has 0 bridgehead atoms. The van der Waals surface area contributed by atoms with Crippen molar-refractivity contribution in [2.75, 3.05) is 25.2 Å². The van der Waals surface area contributed by atoms with Crippen LogP contribution in [0, 0.1) is 0 Å². The summed E-state index contributed by atoms with van der Waals surface area (Å²) in [6, 6.07) is 4.07. The Kier molecular flexibility index (Phi) is 4.52. The molecule has 1 aliphatic rings. The highest BCUT2D eigenvalue weighted by molar-refractivity contribution is 5.86. The van der Waals surface area contributed by atoms with Crippen LogP contribution in [0.3, 0.4) is 0 Å². The monoisotopic (exact) mass is 262 g/mol. The molecular weight excluding hydrogens is 244 g/mol. The van der Waals surface area contributed by atoms with E-state index in [0.717, 1.165) is 43.5 Å². The molecule has 102 valence electrons. The SMILES string of the molecule is CN(c1ncccc1/C=C/C(=O)O)C1CCOCC1. The number of carboxylic acids is 1. The number of anilines is 1. The molecule has 5 nitrogen and oxygen atoms in total. The summed E-state index contributed by atoms with van der Waals surface area (Å²) in [7, 11) is 2.00. The summed E-state index contributed by atoms with van der Waals surface area (Å²) in [5, 5.41) is 8.72. The number of aliphatic carboxylic acids is 1. The number of aromatic nitrogens is 1. The van der Waals surface area contributed by atoms with E-state index < -0.39 is 5.97 Å². The van der Waals surface area contributed by atoms with E-state index in [9.17, 15) is 4.79 Å². The maximum absolute atomic E-state index is 10.6. The van der Waals surface area contributed by atoms with Gasteiger partial charge >= 0.3 is 5.97 Å². The van der Waals surface area contributed by atoms with Crippen LogP contribution in [-0.4, -0.2) is 42.4 Å². The first-order valence-corrected chi connectivity index (χ1v) is 6.35. The van der Waals surface area contributed by atoms with E-state index in [1.54, 1.807) is 12.3 Å². The summed E-state index contributed by atoms with van der Waals surface area (Å²) >= 11 is 0. The molecule has 0 unspecified atom stereocenters. The number of carboxylic acid groups (broad SMARTS) is 1. The molecular formula is C14H18N2O3. The van der Waals surface area contributed by atoms with Gasteiger partial charge in [-0.25, -0.2) is 9.78 Å². The number of hydrogen-bond donors (Lipinski definition) is 1. The first-order chi connectivity index (χ1) is 9.18. The largest absolute Gasteiger partial charge is 0.478 e. The molecule has 1 N–H and O–H groups in total. The molecule has 2 heterocycles. The van der Waals surface area contributed by atoms with Crippen LogP contribution in [-0.2, 0) is 9.53 Å². The van der Waals surface area contributed by atoms with Gasteiger partial charge in [-0.05, 0) is 31.1 Å². The Morgan fingerprint density at radius 1 is 1.53 bits per heavy atom. The fourth-order valence-corrected chi connectivity index (χ4v) is 2.24. The van der Waals surface area contributed by atoms with Crippen LogP contribution >= 0.6 is 0 Å². The molecule has 0 radical (unpaired) electrons. The number of carbonyl (C=O) groups is 1. The van der Waals surface area contributed by atoms with Crippen molar-refractivity contribution in [3.05, 3.63) is 30.0 Å². The Balaban J connectivity index is 2.20. The van der Waals surface area contributed by atoms with Gasteiger partial charge in [0.15, 0.2) is 0 Å². The lowest BCUT2D eigenvalue weighted by molar-refractivity contribution is -0.131. The Bertz CT molecular complexity index is 468. The van der Waals surface area contributed by atoms with E-state index >= 15 is 0 Å². The van der Waals surface area contributed by atoms with Crippen LogP contribution < -0.4 is 4.90 Å². The van der Waals surface area contributed by atoms with E-state index in [1.807, 2.05) is 19.2 Å². The first kappa shape index (κ1) is 13.5. The number of nitrogens with zero attached hydrogens (tertiary/aromatic N) is 2. The van der Waals surface area contributed by atoms with Gasteiger partial charge in [-0.2, -0.15) is 0 Å². The lowest BCUT2D eigenvalue weighted by Crippen LogP contribution is -2.37. The van der Waals surface area contributed by atoms with Crippen LogP contribution in [0.15, 0.2) is 24.4 Å². The summed E-state index contributed by atoms with van der Waals surface area (Å²) in [4.78, 5) is 17.1. The third-order valence-electron chi connectivity index (χ3n) is 3.29. The van der Waals surface area contributed by atoms with E-state index in [0.29, 0.717) is 6.04 Å². The van der Waals surface area contributed by atoms with Gasteiger partial charge in [-0.1, -0.05) is 0 Å². The van der Waals surface area contributed by atoms with Crippen LogP contribution in [0.2, 0.25) is 0 Å². The van der Waals surface area contributed by atoms with E-state index in [1.165, 1.54) is 0 Å². The van der Waals surface area contributed by atoms with Gasteiger partial charge in [0.05, 0.1) is 0 Å². The van der Waals surface area contributed by atoms with Gasteiger partial charge < -0.3 is 14.7 Å². The van der Waals surface area contributed by atoms with Crippen molar-refractivity contribution in [1.29, 1.82) is 0 Å². The van der Waals surface area contributed by atoms with Crippen molar-refractivity contribution >= 4 is 17.9 Å². The van der Waals surface area contributed by atoms with Crippen LogP contribution in [0.1, 0.15) is 18.4 Å². The normalized spacial score (nSPS) is 16.7. The third kappa shape index (κ3) is 3.54. The summed E-state index contributed by atoms with van der Waals surface area (Å²) in [6.45, 7) is 1.53. The predicted molar refractivity (Wildman–Crippen MR) is 73.2 cm³/mol. The number of hydrogen-bond acceptors (Lipinski definition) is 4. The van der Waals surface area contributed by atoms with Gasteiger partial charge in [0.25, 0.3) is 0 Å². The van der Waals surface area contributed by atoms with Crippen LogP contribution in [0.4, 0.5) is 5.82 Å². The Hall–Kier alpha value is -1.88. The predicted octanol–water partition coefficient (Wildman–Crippen LogP) is 1.79. The summed E-state index contributed by atoms with van der Waals surface area (Å²) in [5.74, 6) is -0.143. The fourth-order valence-electron chi connectivity index (χ4n) is 2.24. The van der Waals surface area contributed by atoms with Crippen molar-refractivity contribution in [3.63, 3.8) is 0 Å². The van der Waals surface area contributed by atoms with Crippen LogP contribution in [0.5, 0.6) is 0 Å². The molecule has 0 saturated carbocycles. The molecule has 0 amide bonds. The van der Waals surface area contributed by atoms with E-state index in [4.69, 9.17) is 9.84 Å². The van der Waals surface area contributed by atoms with Gasteiger partial charge in [-0.3, -0.25) is 0 Å². The highest BCUT2D eigenvalue weighted by atomic mass is 16.5. The number of pyridine rings is 1. The lowest BCUT2D eigenvalue weighted by atomic mass is 10.1. The molecule has 0 atom stereocenters. The number of ether oxygens (including phenoxy) is 1. The molecule has 0 spiro atoms. The quantitative estimate of drug-likeness (QED) is 0.838. The highest BCUT2D eigenvalue weighted by Gasteiger charge is 2.20. The Morgan fingerprint density at radius 3 is 2.95 bits per heavy atom. The molecule has 0 aromatic carbocycles. The van der Waals surface area contributed by atoms with Gasteiger partial charge in [0.1, 0.15) is 5.82 Å². The summed E-state index contributed by atoms with van der Waals surface area (Å²) in [6.07, 6.45) is 6.38. The standard InChI is InChI=1S/C14H18N2O3/c1-16(12-6-9-19-10-7-12)14-11(3-2-8-15-14)4-5-13(17)18/h2-5,8,12H,6-7,9-10H2,1H3,(H,17,18)/b5-4+. The molecule has 19 heavy (non-hydrogen) atoms. The highest BCUT2D eigenvalue weighted by Crippen LogP contribution is 2.23. The van der Waals surface area contributed by atoms with E-state index in [-0.39, 0.29) is 0 Å². The molecule has 1 aliphatic heterocycles. The molecule has 0 aliphatic carbocycles. The minimum atomic E-state index is -0.955. The number of rotatable bonds is 4. The van der Waals surface area contributed by atoms with Crippen molar-refractivity contribution in [1.82, 2.24) is 4.98 Å². The van der Waals surface area contributed by atoms with Crippen molar-refractivity contribution in [3.8, 4) is 0 Å². The van der Waals surface area contributed by atoms with Gasteiger partial charge in [-0.15, -0.1) is 0 Å². The fraction of sp³-hybridized carbons (Fsp3) is 0.429. The summed E-state index contributed by atoms with van der Waals surface area (Å²) in [5.41, 5.74) is 0.818. The Labute approximate surface area is 112 Å². The zero-order valence-electron chi connectivity index (χ0n) is 11.0. The lowest BCUT2D eigenvalue weighted by Gasteiger charge is -2.32. The Morgan fingerprint density at radius 2 is 2.26 bits per heavy atom. The van der Waals surface area contributed by atoms with Gasteiger partial charge in [0.2, 0.25) is 0 Å². The average Bonchev–Trinajstić information content (AvgIpc) is 2.45. The van der Waals surface area contributed by atoms with Gasteiger partial charge in [0, 0.05) is 44.1 Å². The third-order valence-corrected chi connectivity index (χ3v) is 3.29. The zero-order chi connectivity index (χ0) is 13.7. The second kappa shape index (κ2) is 6.33. The molecule has 1 aromatic heterocycles.